The minimum absolute atomic E-state index is 0.120. The average molecular weight is 600 g/mol. The number of nitriles is 1. The molecule has 0 aliphatic rings. The van der Waals surface area contributed by atoms with Gasteiger partial charge in [0.2, 0.25) is 5.75 Å². The summed E-state index contributed by atoms with van der Waals surface area (Å²) >= 11 is 1.91. The first kappa shape index (κ1) is 26.1. The quantitative estimate of drug-likeness (QED) is 0.112. The van der Waals surface area contributed by atoms with Crippen molar-refractivity contribution in [3.63, 3.8) is 0 Å². The van der Waals surface area contributed by atoms with Crippen LogP contribution in [0.4, 0.5) is 17.1 Å². The Balaban J connectivity index is 1.94. The van der Waals surface area contributed by atoms with Gasteiger partial charge in [-0.05, 0) is 71.5 Å². The van der Waals surface area contributed by atoms with Crippen LogP contribution < -0.4 is 14.8 Å². The number of anilines is 1. The van der Waals surface area contributed by atoms with E-state index in [1.165, 1.54) is 19.3 Å². The number of benzene rings is 3. The van der Waals surface area contributed by atoms with E-state index in [0.29, 0.717) is 14.8 Å². The van der Waals surface area contributed by atoms with E-state index < -0.39 is 27.1 Å². The number of nitrogens with one attached hydrogen (secondary N) is 1. The van der Waals surface area contributed by atoms with Crippen LogP contribution in [0.1, 0.15) is 11.1 Å². The molecular formula is C24H17IN4O7. The van der Waals surface area contributed by atoms with Crippen LogP contribution in [0.15, 0.2) is 60.2 Å². The number of nitrogens with zero attached hydrogens (tertiary/aromatic N) is 3. The number of ether oxygens (including phenoxy) is 2. The number of nitro groups is 2. The molecule has 0 bridgehead atoms. The Labute approximate surface area is 218 Å². The molecule has 0 radical (unpaired) electrons. The molecule has 3 aromatic carbocycles. The van der Waals surface area contributed by atoms with Crippen molar-refractivity contribution in [1.82, 2.24) is 0 Å². The van der Waals surface area contributed by atoms with Crippen LogP contribution in [0, 0.1) is 42.1 Å². The minimum atomic E-state index is -0.787. The highest BCUT2D eigenvalue weighted by atomic mass is 127. The topological polar surface area (TPSA) is 158 Å². The van der Waals surface area contributed by atoms with Crippen LogP contribution in [0.2, 0.25) is 0 Å². The molecule has 0 unspecified atom stereocenters. The van der Waals surface area contributed by atoms with E-state index in [1.54, 1.807) is 18.2 Å². The lowest BCUT2D eigenvalue weighted by molar-refractivity contribution is -0.394. The monoisotopic (exact) mass is 600 g/mol. The van der Waals surface area contributed by atoms with Gasteiger partial charge in [-0.3, -0.25) is 25.0 Å². The predicted octanol–water partition coefficient (Wildman–Crippen LogP) is 5.76. The first-order chi connectivity index (χ1) is 17.1. The molecule has 0 atom stereocenters. The molecule has 0 aliphatic carbocycles. The number of hydrogen-bond acceptors (Lipinski definition) is 8. The maximum Gasteiger partial charge on any atom is 0.318 e. The Kier molecular flexibility index (Phi) is 8.18. The van der Waals surface area contributed by atoms with Crippen molar-refractivity contribution in [1.29, 1.82) is 5.26 Å². The second kappa shape index (κ2) is 11.3. The number of carbonyl (C=O) groups is 1. The number of aryl methyl sites for hydroxylation is 1. The Bertz CT molecular complexity index is 1430. The molecule has 182 valence electrons. The summed E-state index contributed by atoms with van der Waals surface area (Å²) in [5.74, 6) is -0.538. The van der Waals surface area contributed by atoms with E-state index in [2.05, 4.69) is 5.32 Å². The number of halogens is 1. The zero-order chi connectivity index (χ0) is 26.4. The maximum absolute atomic E-state index is 12.6. The molecule has 3 rings (SSSR count). The van der Waals surface area contributed by atoms with Crippen LogP contribution in [0.5, 0.6) is 17.2 Å². The van der Waals surface area contributed by atoms with E-state index in [4.69, 9.17) is 9.47 Å². The molecule has 0 fully saturated rings. The van der Waals surface area contributed by atoms with Crippen molar-refractivity contribution < 1.29 is 24.1 Å². The second-order valence-corrected chi connectivity index (χ2v) is 8.45. The Morgan fingerprint density at radius 1 is 1.06 bits per heavy atom. The molecule has 3 aromatic rings. The summed E-state index contributed by atoms with van der Waals surface area (Å²) in [6, 6.07) is 15.1. The molecule has 11 nitrogen and oxygen atoms in total. The third kappa shape index (κ3) is 6.13. The van der Waals surface area contributed by atoms with E-state index >= 15 is 0 Å². The second-order valence-electron chi connectivity index (χ2n) is 7.29. The molecule has 1 N–H and O–H groups in total. The van der Waals surface area contributed by atoms with Crippen molar-refractivity contribution in [3.8, 4) is 23.3 Å². The Hall–Kier alpha value is -4.51. The molecule has 0 heterocycles. The van der Waals surface area contributed by atoms with E-state index in [1.807, 2.05) is 47.7 Å². The van der Waals surface area contributed by atoms with Crippen LogP contribution in [0.25, 0.3) is 6.08 Å². The zero-order valence-corrected chi connectivity index (χ0v) is 21.0. The lowest BCUT2D eigenvalue weighted by atomic mass is 10.1. The normalized spacial score (nSPS) is 10.8. The van der Waals surface area contributed by atoms with Gasteiger partial charge in [-0.15, -0.1) is 0 Å². The molecule has 0 saturated carbocycles. The fraction of sp³-hybridized carbons (Fsp3) is 0.0833. The first-order valence-electron chi connectivity index (χ1n) is 10.1. The van der Waals surface area contributed by atoms with Gasteiger partial charge >= 0.3 is 5.69 Å². The summed E-state index contributed by atoms with van der Waals surface area (Å²) in [5, 5.41) is 34.6. The lowest BCUT2D eigenvalue weighted by Crippen LogP contribution is -2.13. The van der Waals surface area contributed by atoms with Gasteiger partial charge in [0.1, 0.15) is 11.6 Å². The first-order valence-corrected chi connectivity index (χ1v) is 11.2. The number of rotatable bonds is 8. The van der Waals surface area contributed by atoms with E-state index in [9.17, 15) is 30.3 Å². The third-order valence-corrected chi connectivity index (χ3v) is 5.60. The van der Waals surface area contributed by atoms with Gasteiger partial charge in [0.15, 0.2) is 11.5 Å². The van der Waals surface area contributed by atoms with Crippen LogP contribution in [-0.4, -0.2) is 22.9 Å². The summed E-state index contributed by atoms with van der Waals surface area (Å²) in [4.78, 5) is 33.5. The SMILES string of the molecule is COc1cc(/C=C(/C#N)C(=O)Nc2ccc(C)cc2)cc(I)c1Oc1ccc([N+](=O)[O-])cc1[N+](=O)[O-]. The largest absolute Gasteiger partial charge is 0.493 e. The van der Waals surface area contributed by atoms with Crippen molar-refractivity contribution >= 4 is 51.6 Å². The Morgan fingerprint density at radius 2 is 1.75 bits per heavy atom. The standard InChI is InChI=1S/C24H17IN4O7/c1-14-3-5-17(6-4-14)27-24(30)16(13-26)9-15-10-19(25)23(22(11-15)35-2)36-21-8-7-18(28(31)32)12-20(21)29(33)34/h3-12H,1-2H3,(H,27,30)/b16-9-. The van der Waals surface area contributed by atoms with Crippen molar-refractivity contribution in [2.45, 2.75) is 6.92 Å². The summed E-state index contributed by atoms with van der Waals surface area (Å²) in [7, 11) is 1.35. The molecule has 36 heavy (non-hydrogen) atoms. The molecule has 0 aliphatic heterocycles. The molecule has 0 spiro atoms. The Morgan fingerprint density at radius 3 is 2.33 bits per heavy atom. The third-order valence-electron chi connectivity index (χ3n) is 4.80. The van der Waals surface area contributed by atoms with Crippen molar-refractivity contribution in [2.24, 2.45) is 0 Å². The molecule has 0 saturated heterocycles. The highest BCUT2D eigenvalue weighted by Crippen LogP contribution is 2.41. The maximum atomic E-state index is 12.6. The molecule has 12 heteroatoms. The number of methoxy groups -OCH3 is 1. The average Bonchev–Trinajstić information content (AvgIpc) is 2.85. The van der Waals surface area contributed by atoms with Gasteiger partial charge < -0.3 is 14.8 Å². The highest BCUT2D eigenvalue weighted by molar-refractivity contribution is 14.1. The van der Waals surface area contributed by atoms with Gasteiger partial charge in [-0.25, -0.2) is 0 Å². The van der Waals surface area contributed by atoms with Gasteiger partial charge in [0, 0.05) is 11.8 Å². The smallest absolute Gasteiger partial charge is 0.318 e. The van der Waals surface area contributed by atoms with Gasteiger partial charge in [0.05, 0.1) is 26.6 Å². The number of hydrogen-bond donors (Lipinski definition) is 1. The van der Waals surface area contributed by atoms with Crippen LogP contribution in [0.3, 0.4) is 0 Å². The number of non-ortho nitro benzene ring substituents is 1. The number of carbonyl (C=O) groups excluding carboxylic acids is 1. The fourth-order valence-corrected chi connectivity index (χ4v) is 3.77. The van der Waals surface area contributed by atoms with E-state index in [-0.39, 0.29) is 22.8 Å². The number of amides is 1. The molecular weight excluding hydrogens is 583 g/mol. The number of nitro benzene ring substituents is 2. The van der Waals surface area contributed by atoms with Gasteiger partial charge in [0.25, 0.3) is 11.6 Å². The zero-order valence-electron chi connectivity index (χ0n) is 18.9. The van der Waals surface area contributed by atoms with E-state index in [0.717, 1.165) is 23.8 Å². The van der Waals surface area contributed by atoms with Gasteiger partial charge in [-0.2, -0.15) is 5.26 Å². The predicted molar refractivity (Wildman–Crippen MR) is 139 cm³/mol. The highest BCUT2D eigenvalue weighted by Gasteiger charge is 2.23. The molecule has 1 amide bonds. The fourth-order valence-electron chi connectivity index (χ4n) is 3.03. The summed E-state index contributed by atoms with van der Waals surface area (Å²) in [6.45, 7) is 1.91. The summed E-state index contributed by atoms with van der Waals surface area (Å²) in [6.07, 6.45) is 1.37. The minimum Gasteiger partial charge on any atom is -0.493 e. The van der Waals surface area contributed by atoms with Gasteiger partial charge in [-0.1, -0.05) is 17.7 Å². The summed E-state index contributed by atoms with van der Waals surface area (Å²) < 4.78 is 11.5. The summed E-state index contributed by atoms with van der Waals surface area (Å²) in [5.41, 5.74) is 0.791. The molecule has 0 aromatic heterocycles. The lowest BCUT2D eigenvalue weighted by Gasteiger charge is -2.13. The van der Waals surface area contributed by atoms with Crippen LogP contribution in [-0.2, 0) is 4.79 Å². The van der Waals surface area contributed by atoms with Crippen LogP contribution >= 0.6 is 22.6 Å². The van der Waals surface area contributed by atoms with Crippen molar-refractivity contribution in [2.75, 3.05) is 12.4 Å². The van der Waals surface area contributed by atoms with Crippen molar-refractivity contribution in [3.05, 3.63) is 95.1 Å².